The summed E-state index contributed by atoms with van der Waals surface area (Å²) >= 11 is 2.75. The third kappa shape index (κ3) is 2.59. The van der Waals surface area contributed by atoms with Crippen molar-refractivity contribution in [1.29, 1.82) is 0 Å². The summed E-state index contributed by atoms with van der Waals surface area (Å²) in [5.41, 5.74) is 0. The Morgan fingerprint density at radius 2 is 2.32 bits per heavy atom. The smallest absolute Gasteiger partial charge is 0.345 e. The van der Waals surface area contributed by atoms with Crippen LogP contribution in [0.2, 0.25) is 0 Å². The summed E-state index contributed by atoms with van der Waals surface area (Å²) in [5.74, 6) is 7.02. The molecule has 0 aliphatic heterocycles. The van der Waals surface area contributed by atoms with Crippen LogP contribution in [0.1, 0.15) is 39.1 Å². The number of hydrogen-bond acceptors (Lipinski definition) is 6. The van der Waals surface area contributed by atoms with Gasteiger partial charge in [-0.05, 0) is 25.0 Å². The first-order chi connectivity index (χ1) is 9.15. The minimum Gasteiger partial charge on any atom is -0.477 e. The molecule has 0 radical (unpaired) electrons. The van der Waals surface area contributed by atoms with E-state index in [4.69, 9.17) is 10.9 Å². The van der Waals surface area contributed by atoms with E-state index >= 15 is 0 Å². The first-order valence-electron chi connectivity index (χ1n) is 5.80. The van der Waals surface area contributed by atoms with Gasteiger partial charge < -0.3 is 10.9 Å². The lowest BCUT2D eigenvalue weighted by atomic mass is 10.4. The highest BCUT2D eigenvalue weighted by molar-refractivity contribution is 7.98. The third-order valence-electron chi connectivity index (χ3n) is 2.85. The first kappa shape index (κ1) is 12.5. The predicted molar refractivity (Wildman–Crippen MR) is 73.0 cm³/mol. The summed E-state index contributed by atoms with van der Waals surface area (Å²) in [7, 11) is 0. The zero-order chi connectivity index (χ0) is 13.4. The average molecular weight is 296 g/mol. The molecule has 2 heterocycles. The number of hydrogen-bond donors (Lipinski definition) is 2. The number of carboxylic acid groups (broad SMARTS) is 1. The fraction of sp³-hybridized carbons (Fsp3) is 0.364. The van der Waals surface area contributed by atoms with Gasteiger partial charge in [-0.15, -0.1) is 21.5 Å². The van der Waals surface area contributed by atoms with Gasteiger partial charge in [0.2, 0.25) is 5.16 Å². The van der Waals surface area contributed by atoms with Crippen molar-refractivity contribution in [3.63, 3.8) is 0 Å². The molecule has 0 atom stereocenters. The Hall–Kier alpha value is -1.54. The molecule has 100 valence electrons. The zero-order valence-electron chi connectivity index (χ0n) is 9.94. The van der Waals surface area contributed by atoms with Crippen LogP contribution >= 0.6 is 23.1 Å². The summed E-state index contributed by atoms with van der Waals surface area (Å²) in [5, 5.41) is 17.7. The molecule has 6 nitrogen and oxygen atoms in total. The number of nitrogens with two attached hydrogens (primary N) is 1. The SMILES string of the molecule is Nn1c(SCc2ccc(C(=O)O)s2)nnc1C1CC1. The zero-order valence-corrected chi connectivity index (χ0v) is 11.6. The van der Waals surface area contributed by atoms with Crippen molar-refractivity contribution in [2.24, 2.45) is 0 Å². The van der Waals surface area contributed by atoms with Gasteiger partial charge in [0.15, 0.2) is 5.82 Å². The lowest BCUT2D eigenvalue weighted by Crippen LogP contribution is -2.13. The highest BCUT2D eigenvalue weighted by atomic mass is 32.2. The first-order valence-corrected chi connectivity index (χ1v) is 7.60. The van der Waals surface area contributed by atoms with Crippen molar-refractivity contribution in [1.82, 2.24) is 14.9 Å². The van der Waals surface area contributed by atoms with Gasteiger partial charge >= 0.3 is 5.97 Å². The average Bonchev–Trinajstić information content (AvgIpc) is 2.99. The number of nitrogen functional groups attached to an aromatic ring is 1. The maximum atomic E-state index is 10.8. The number of aromatic carboxylic acids is 1. The van der Waals surface area contributed by atoms with Gasteiger partial charge in [0.1, 0.15) is 4.88 Å². The van der Waals surface area contributed by atoms with Crippen LogP contribution < -0.4 is 5.84 Å². The topological polar surface area (TPSA) is 94.0 Å². The molecule has 0 aromatic carbocycles. The van der Waals surface area contributed by atoms with Gasteiger partial charge in [0.25, 0.3) is 0 Å². The Morgan fingerprint density at radius 1 is 1.53 bits per heavy atom. The minimum atomic E-state index is -0.890. The lowest BCUT2D eigenvalue weighted by molar-refractivity contribution is 0.0702. The second-order valence-electron chi connectivity index (χ2n) is 4.34. The highest BCUT2D eigenvalue weighted by Gasteiger charge is 2.29. The molecule has 0 amide bonds. The second kappa shape index (κ2) is 4.86. The Bertz CT molecular complexity index is 618. The molecule has 3 N–H and O–H groups in total. The predicted octanol–water partition coefficient (Wildman–Crippen LogP) is 1.92. The van der Waals surface area contributed by atoms with Crippen LogP contribution in [0.3, 0.4) is 0 Å². The van der Waals surface area contributed by atoms with E-state index in [2.05, 4.69) is 10.2 Å². The molecule has 19 heavy (non-hydrogen) atoms. The molecule has 1 aliphatic rings. The van der Waals surface area contributed by atoms with Crippen LogP contribution in [0.15, 0.2) is 17.3 Å². The van der Waals surface area contributed by atoms with E-state index in [-0.39, 0.29) is 0 Å². The summed E-state index contributed by atoms with van der Waals surface area (Å²) in [4.78, 5) is 12.1. The van der Waals surface area contributed by atoms with E-state index in [1.54, 1.807) is 10.7 Å². The second-order valence-corrected chi connectivity index (χ2v) is 6.46. The van der Waals surface area contributed by atoms with Gasteiger partial charge in [-0.1, -0.05) is 11.8 Å². The molecule has 2 aromatic rings. The number of thioether (sulfide) groups is 1. The van der Waals surface area contributed by atoms with Crippen LogP contribution in [0.4, 0.5) is 0 Å². The van der Waals surface area contributed by atoms with Crippen molar-refractivity contribution in [2.75, 3.05) is 5.84 Å². The fourth-order valence-corrected chi connectivity index (χ4v) is 3.47. The van der Waals surface area contributed by atoms with Crippen LogP contribution in [0.5, 0.6) is 0 Å². The van der Waals surface area contributed by atoms with Crippen LogP contribution in [-0.2, 0) is 5.75 Å². The molecular formula is C11H12N4O2S2. The van der Waals surface area contributed by atoms with Gasteiger partial charge in [-0.3, -0.25) is 0 Å². The number of nitrogens with zero attached hydrogens (tertiary/aromatic N) is 3. The Morgan fingerprint density at radius 3 is 2.95 bits per heavy atom. The van der Waals surface area contributed by atoms with Gasteiger partial charge in [0.05, 0.1) is 0 Å². The van der Waals surface area contributed by atoms with Gasteiger partial charge in [0, 0.05) is 16.5 Å². The molecular weight excluding hydrogens is 284 g/mol. The van der Waals surface area contributed by atoms with Crippen molar-refractivity contribution >= 4 is 29.1 Å². The maximum absolute atomic E-state index is 10.8. The Labute approximate surface area is 117 Å². The Balaban J connectivity index is 1.66. The highest BCUT2D eigenvalue weighted by Crippen LogP contribution is 2.39. The van der Waals surface area contributed by atoms with E-state index in [0.29, 0.717) is 21.7 Å². The molecule has 1 fully saturated rings. The molecule has 0 bridgehead atoms. The van der Waals surface area contributed by atoms with Crippen LogP contribution in [-0.4, -0.2) is 25.9 Å². The minimum absolute atomic E-state index is 0.350. The normalized spacial score (nSPS) is 14.7. The van der Waals surface area contributed by atoms with Crippen LogP contribution in [0.25, 0.3) is 0 Å². The number of thiophene rings is 1. The van der Waals surface area contributed by atoms with Gasteiger partial charge in [-0.25, -0.2) is 9.47 Å². The van der Waals surface area contributed by atoms with E-state index < -0.39 is 5.97 Å². The largest absolute Gasteiger partial charge is 0.477 e. The van der Waals surface area contributed by atoms with E-state index in [1.807, 2.05) is 6.07 Å². The summed E-state index contributed by atoms with van der Waals surface area (Å²) in [6.07, 6.45) is 2.26. The number of aromatic nitrogens is 3. The van der Waals surface area contributed by atoms with Crippen molar-refractivity contribution in [3.8, 4) is 0 Å². The maximum Gasteiger partial charge on any atom is 0.345 e. The molecule has 2 aromatic heterocycles. The molecule has 0 saturated heterocycles. The molecule has 1 aliphatic carbocycles. The summed E-state index contributed by atoms with van der Waals surface area (Å²) in [6.45, 7) is 0. The number of carbonyl (C=O) groups is 1. The monoisotopic (exact) mass is 296 g/mol. The Kier molecular flexibility index (Phi) is 3.19. The molecule has 3 rings (SSSR count). The van der Waals surface area contributed by atoms with E-state index in [9.17, 15) is 4.79 Å². The van der Waals surface area contributed by atoms with Crippen molar-refractivity contribution in [3.05, 3.63) is 27.7 Å². The molecule has 1 saturated carbocycles. The quantitative estimate of drug-likeness (QED) is 0.646. The van der Waals surface area contributed by atoms with Crippen molar-refractivity contribution in [2.45, 2.75) is 29.7 Å². The fourth-order valence-electron chi connectivity index (χ4n) is 1.71. The number of carboxylic acids is 1. The molecule has 0 unspecified atom stereocenters. The summed E-state index contributed by atoms with van der Waals surface area (Å²) in [6, 6.07) is 3.44. The lowest BCUT2D eigenvalue weighted by Gasteiger charge is -2.01. The number of rotatable bonds is 5. The van der Waals surface area contributed by atoms with E-state index in [1.165, 1.54) is 23.1 Å². The third-order valence-corrected chi connectivity index (χ3v) is 5.10. The van der Waals surface area contributed by atoms with Crippen LogP contribution in [0, 0.1) is 0 Å². The van der Waals surface area contributed by atoms with E-state index in [0.717, 1.165) is 23.5 Å². The molecule has 0 spiro atoms. The van der Waals surface area contributed by atoms with Gasteiger partial charge in [-0.2, -0.15) is 0 Å². The standard InChI is InChI=1S/C11H12N4O2S2/c12-15-9(6-1-2-6)13-14-11(15)18-5-7-3-4-8(19-7)10(16)17/h3-4,6H,1-2,5,12H2,(H,16,17). The molecule has 8 heteroatoms. The summed E-state index contributed by atoms with van der Waals surface area (Å²) < 4.78 is 1.55. The van der Waals surface area contributed by atoms with Crippen molar-refractivity contribution < 1.29 is 9.90 Å².